The monoisotopic (exact) mass is 723 g/mol. The van der Waals surface area contributed by atoms with E-state index >= 15 is 0 Å². The molecule has 4 aromatic rings. The number of thiophene rings is 1. The molecular weight excluding hydrogens is 667 g/mol. The van der Waals surface area contributed by atoms with Crippen LogP contribution in [0.5, 0.6) is 11.6 Å². The van der Waals surface area contributed by atoms with Crippen LogP contribution in [0.1, 0.15) is 84.0 Å². The van der Waals surface area contributed by atoms with Gasteiger partial charge < -0.3 is 19.1 Å². The maximum Gasteiger partial charge on any atom is 0.308 e. The minimum atomic E-state index is -0.230. The number of piperazine rings is 1. The summed E-state index contributed by atoms with van der Waals surface area (Å²) in [6.07, 6.45) is 25.6. The van der Waals surface area contributed by atoms with Crippen LogP contribution in [-0.4, -0.2) is 62.0 Å². The fourth-order valence-corrected chi connectivity index (χ4v) is 7.27. The molecule has 278 valence electrons. The average molecular weight is 724 g/mol. The third-order valence-corrected chi connectivity index (χ3v) is 10.3. The Labute approximate surface area is 315 Å². The first-order valence-corrected chi connectivity index (χ1v) is 20.3. The summed E-state index contributed by atoms with van der Waals surface area (Å²) in [6.45, 7) is 8.12. The molecular formula is C44H57N3O4S. The Morgan fingerprint density at radius 2 is 1.60 bits per heavy atom. The molecule has 52 heavy (non-hydrogen) atoms. The number of nitrogens with zero attached hydrogens (tertiary/aromatic N) is 3. The highest BCUT2D eigenvalue weighted by Gasteiger charge is 2.18. The predicted octanol–water partition coefficient (Wildman–Crippen LogP) is 10.9. The van der Waals surface area contributed by atoms with Crippen molar-refractivity contribution in [3.8, 4) is 11.6 Å². The molecule has 2 aromatic carbocycles. The molecule has 7 nitrogen and oxygen atoms in total. The molecule has 0 unspecified atom stereocenters. The smallest absolute Gasteiger partial charge is 0.308 e. The molecule has 3 heterocycles. The van der Waals surface area contributed by atoms with E-state index in [1.807, 2.05) is 35.6 Å². The summed E-state index contributed by atoms with van der Waals surface area (Å²) in [6, 6.07) is 18.6. The van der Waals surface area contributed by atoms with Gasteiger partial charge in [-0.05, 0) is 99.7 Å². The van der Waals surface area contributed by atoms with Crippen LogP contribution in [0, 0.1) is 0 Å². The largest absolute Gasteiger partial charge is 0.494 e. The summed E-state index contributed by atoms with van der Waals surface area (Å²) in [4.78, 5) is 21.9. The Morgan fingerprint density at radius 1 is 0.808 bits per heavy atom. The molecule has 0 aliphatic carbocycles. The van der Waals surface area contributed by atoms with E-state index in [1.54, 1.807) is 6.07 Å². The molecule has 0 bridgehead atoms. The van der Waals surface area contributed by atoms with E-state index in [1.165, 1.54) is 28.6 Å². The number of esters is 1. The molecule has 0 N–H and O–H groups in total. The van der Waals surface area contributed by atoms with Gasteiger partial charge in [-0.25, -0.2) is 4.98 Å². The summed E-state index contributed by atoms with van der Waals surface area (Å²) < 4.78 is 18.4. The molecule has 1 saturated heterocycles. The Hall–Kier alpha value is -4.14. The van der Waals surface area contributed by atoms with Crippen LogP contribution in [0.4, 0.5) is 5.69 Å². The molecule has 0 spiro atoms. The molecule has 0 radical (unpaired) electrons. The number of aromatic nitrogens is 1. The predicted molar refractivity (Wildman–Crippen MR) is 218 cm³/mol. The minimum Gasteiger partial charge on any atom is -0.494 e. The van der Waals surface area contributed by atoms with Gasteiger partial charge in [-0.3, -0.25) is 9.69 Å². The highest BCUT2D eigenvalue weighted by molar-refractivity contribution is 7.17. The quantitative estimate of drug-likeness (QED) is 0.0327. The van der Waals surface area contributed by atoms with Crippen molar-refractivity contribution in [2.24, 2.45) is 0 Å². The van der Waals surface area contributed by atoms with Crippen molar-refractivity contribution in [2.45, 2.75) is 84.0 Å². The number of hydrogen-bond donors (Lipinski definition) is 0. The zero-order valence-corrected chi connectivity index (χ0v) is 31.9. The number of carbonyl (C=O) groups is 1. The normalized spacial score (nSPS) is 14.1. The highest BCUT2D eigenvalue weighted by atomic mass is 32.1. The van der Waals surface area contributed by atoms with Gasteiger partial charge in [0.15, 0.2) is 0 Å². The van der Waals surface area contributed by atoms with Crippen molar-refractivity contribution >= 4 is 44.0 Å². The maximum atomic E-state index is 12.2. The third kappa shape index (κ3) is 13.4. The van der Waals surface area contributed by atoms with Crippen LogP contribution in [0.3, 0.4) is 0 Å². The van der Waals surface area contributed by atoms with Crippen LogP contribution < -0.4 is 14.4 Å². The second kappa shape index (κ2) is 22.7. The van der Waals surface area contributed by atoms with E-state index in [0.29, 0.717) is 18.9 Å². The Balaban J connectivity index is 0.886. The van der Waals surface area contributed by atoms with Crippen molar-refractivity contribution in [2.75, 3.05) is 51.0 Å². The number of allylic oxidation sites excluding steroid dienone is 6. The minimum absolute atomic E-state index is 0.135. The number of fused-ring (bicyclic) bond motifs is 2. The van der Waals surface area contributed by atoms with Crippen molar-refractivity contribution in [1.82, 2.24) is 9.88 Å². The SMILES string of the molecule is CCC=CCC=CCC=CCCCCCCCC(=O)OCOc1ccc2ccc(OCCCCN3CCN(c4cccc5sccc45)CC3)cc2n1. The van der Waals surface area contributed by atoms with Crippen LogP contribution in [0.2, 0.25) is 0 Å². The summed E-state index contributed by atoms with van der Waals surface area (Å²) in [5.41, 5.74) is 2.16. The van der Waals surface area contributed by atoms with Crippen LogP contribution in [-0.2, 0) is 9.53 Å². The lowest BCUT2D eigenvalue weighted by Crippen LogP contribution is -2.46. The average Bonchev–Trinajstić information content (AvgIpc) is 3.66. The first kappa shape index (κ1) is 39.1. The number of pyridine rings is 1. The molecule has 8 heteroatoms. The Kier molecular flexibility index (Phi) is 17.1. The lowest BCUT2D eigenvalue weighted by Gasteiger charge is -2.36. The first-order chi connectivity index (χ1) is 25.7. The summed E-state index contributed by atoms with van der Waals surface area (Å²) in [7, 11) is 0. The lowest BCUT2D eigenvalue weighted by atomic mass is 10.1. The number of unbranched alkanes of at least 4 members (excludes halogenated alkanes) is 6. The Morgan fingerprint density at radius 3 is 2.46 bits per heavy atom. The standard InChI is InChI=1S/C44H57N3O4S/c1-2-3-4-5-6-7-8-9-10-11-12-13-14-15-16-22-44(48)51-36-50-43-26-24-37-23-25-38(35-40(37)45-43)49-33-18-17-28-46-29-31-47(32-30-46)41-20-19-21-42-39(41)27-34-52-42/h3-4,6-7,9-10,19-21,23-27,34-35H,2,5,8,11-18,22,28-33,36H2,1H3. The highest BCUT2D eigenvalue weighted by Crippen LogP contribution is 2.31. The van der Waals surface area contributed by atoms with Gasteiger partial charge in [0.2, 0.25) is 12.7 Å². The van der Waals surface area contributed by atoms with Gasteiger partial charge in [-0.1, -0.05) is 68.7 Å². The molecule has 0 atom stereocenters. The number of benzene rings is 2. The van der Waals surface area contributed by atoms with Crippen molar-refractivity contribution < 1.29 is 19.0 Å². The Bertz CT molecular complexity index is 1720. The number of hydrogen-bond acceptors (Lipinski definition) is 8. The topological polar surface area (TPSA) is 64.1 Å². The second-order valence-electron chi connectivity index (χ2n) is 13.4. The van der Waals surface area contributed by atoms with Gasteiger partial charge in [0, 0.05) is 65.9 Å². The van der Waals surface area contributed by atoms with Crippen LogP contribution in [0.15, 0.2) is 96.4 Å². The van der Waals surface area contributed by atoms with Crippen LogP contribution >= 0.6 is 11.3 Å². The number of ether oxygens (including phenoxy) is 3. The summed E-state index contributed by atoms with van der Waals surface area (Å²) >= 11 is 1.82. The van der Waals surface area contributed by atoms with Gasteiger partial charge >= 0.3 is 5.97 Å². The summed E-state index contributed by atoms with van der Waals surface area (Å²) in [5.74, 6) is 1.00. The summed E-state index contributed by atoms with van der Waals surface area (Å²) in [5, 5.41) is 4.57. The van der Waals surface area contributed by atoms with E-state index < -0.39 is 0 Å². The van der Waals surface area contributed by atoms with Crippen molar-refractivity contribution in [3.63, 3.8) is 0 Å². The lowest BCUT2D eigenvalue weighted by molar-refractivity contribution is -0.150. The van der Waals surface area contributed by atoms with E-state index in [4.69, 9.17) is 14.2 Å². The number of rotatable bonds is 23. The van der Waals surface area contributed by atoms with Crippen molar-refractivity contribution in [3.05, 3.63) is 96.4 Å². The fraction of sp³-hybridized carbons (Fsp3) is 0.455. The molecule has 5 rings (SSSR count). The van der Waals surface area contributed by atoms with E-state index in [0.717, 1.165) is 107 Å². The first-order valence-electron chi connectivity index (χ1n) is 19.4. The zero-order chi connectivity index (χ0) is 36.1. The molecule has 0 amide bonds. The van der Waals surface area contributed by atoms with Gasteiger partial charge in [0.1, 0.15) is 5.75 Å². The van der Waals surface area contributed by atoms with E-state index in [-0.39, 0.29) is 12.8 Å². The van der Waals surface area contributed by atoms with E-state index in [9.17, 15) is 4.79 Å². The van der Waals surface area contributed by atoms with Gasteiger partial charge in [0.05, 0.1) is 12.1 Å². The fourth-order valence-electron chi connectivity index (χ4n) is 6.46. The second-order valence-corrected chi connectivity index (χ2v) is 14.3. The van der Waals surface area contributed by atoms with Crippen molar-refractivity contribution in [1.29, 1.82) is 0 Å². The van der Waals surface area contributed by atoms with Gasteiger partial charge in [-0.2, -0.15) is 0 Å². The molecule has 1 aliphatic heterocycles. The molecule has 1 fully saturated rings. The number of carbonyl (C=O) groups excluding carboxylic acids is 1. The molecule has 2 aromatic heterocycles. The van der Waals surface area contributed by atoms with E-state index in [2.05, 4.69) is 87.8 Å². The molecule has 0 saturated carbocycles. The maximum absolute atomic E-state index is 12.2. The number of anilines is 1. The van der Waals surface area contributed by atoms with Gasteiger partial charge in [-0.15, -0.1) is 11.3 Å². The zero-order valence-electron chi connectivity index (χ0n) is 31.1. The third-order valence-electron chi connectivity index (χ3n) is 9.42. The van der Waals surface area contributed by atoms with Gasteiger partial charge in [0.25, 0.3) is 0 Å². The molecule has 1 aliphatic rings. The van der Waals surface area contributed by atoms with Crippen LogP contribution in [0.25, 0.3) is 21.0 Å².